The normalized spacial score (nSPS) is 23.3. The molecule has 0 aromatic heterocycles. The van der Waals surface area contributed by atoms with Crippen molar-refractivity contribution in [2.75, 3.05) is 6.54 Å². The van der Waals surface area contributed by atoms with E-state index in [4.69, 9.17) is 4.43 Å². The molecule has 0 unspecified atom stereocenters. The Labute approximate surface area is 162 Å². The van der Waals surface area contributed by atoms with Crippen molar-refractivity contribution in [1.29, 1.82) is 0 Å². The van der Waals surface area contributed by atoms with Crippen molar-refractivity contribution in [3.8, 4) is 0 Å². The number of hydrogen-bond acceptors (Lipinski definition) is 3. The van der Waals surface area contributed by atoms with Gasteiger partial charge in [0.1, 0.15) is 5.54 Å². The van der Waals surface area contributed by atoms with Crippen LogP contribution in [0.15, 0.2) is 60.7 Å². The van der Waals surface area contributed by atoms with E-state index in [1.807, 2.05) is 12.1 Å². The fraction of sp³-hybridized carbons (Fsp3) is 0.409. The van der Waals surface area contributed by atoms with Crippen molar-refractivity contribution in [2.24, 2.45) is 0 Å². The molecule has 4 nitrogen and oxygen atoms in total. The predicted octanol–water partition coefficient (Wildman–Crippen LogP) is 2.77. The zero-order chi connectivity index (χ0) is 19.7. The quantitative estimate of drug-likeness (QED) is 0.780. The number of carboxylic acids is 1. The van der Waals surface area contributed by atoms with Crippen LogP contribution in [0.2, 0.25) is 5.04 Å². The largest absolute Gasteiger partial charge is 0.480 e. The summed E-state index contributed by atoms with van der Waals surface area (Å²) in [5.41, 5.74) is -0.934. The Kier molecular flexibility index (Phi) is 5.30. The second-order valence-electron chi connectivity index (χ2n) is 8.63. The third-order valence-corrected chi connectivity index (χ3v) is 10.7. The predicted molar refractivity (Wildman–Crippen MR) is 111 cm³/mol. The van der Waals surface area contributed by atoms with E-state index in [1.165, 1.54) is 10.4 Å². The van der Waals surface area contributed by atoms with Gasteiger partial charge in [0, 0.05) is 13.0 Å². The summed E-state index contributed by atoms with van der Waals surface area (Å²) in [4.78, 5) is 11.7. The van der Waals surface area contributed by atoms with Crippen LogP contribution >= 0.6 is 0 Å². The van der Waals surface area contributed by atoms with Crippen molar-refractivity contribution in [2.45, 2.75) is 50.8 Å². The van der Waals surface area contributed by atoms with Crippen molar-refractivity contribution in [3.63, 3.8) is 0 Å². The lowest BCUT2D eigenvalue weighted by atomic mass is 10.0. The van der Waals surface area contributed by atoms with Crippen LogP contribution in [0.4, 0.5) is 0 Å². The Morgan fingerprint density at radius 3 is 1.93 bits per heavy atom. The molecule has 144 valence electrons. The van der Waals surface area contributed by atoms with Gasteiger partial charge in [0.25, 0.3) is 8.32 Å². The van der Waals surface area contributed by atoms with Crippen LogP contribution in [0, 0.1) is 0 Å². The Balaban J connectivity index is 2.09. The molecule has 2 N–H and O–H groups in total. The monoisotopic (exact) mass is 383 g/mol. The van der Waals surface area contributed by atoms with Gasteiger partial charge in [-0.15, -0.1) is 0 Å². The highest BCUT2D eigenvalue weighted by atomic mass is 28.4. The molecule has 0 spiro atoms. The number of hydrogen-bond donors (Lipinski definition) is 2. The number of benzene rings is 2. The number of aliphatic carboxylic acids is 1. The van der Waals surface area contributed by atoms with Crippen LogP contribution in [0.3, 0.4) is 0 Å². The Bertz CT molecular complexity index is 749. The first-order valence-electron chi connectivity index (χ1n) is 9.46. The highest BCUT2D eigenvalue weighted by Gasteiger charge is 2.53. The van der Waals surface area contributed by atoms with Gasteiger partial charge in [0.05, 0.1) is 6.10 Å². The Hall–Kier alpha value is -1.95. The van der Waals surface area contributed by atoms with Crippen LogP contribution in [0.5, 0.6) is 0 Å². The molecule has 1 fully saturated rings. The van der Waals surface area contributed by atoms with Gasteiger partial charge < -0.3 is 9.53 Å². The molecule has 1 aliphatic rings. The summed E-state index contributed by atoms with van der Waals surface area (Å²) >= 11 is 0. The first-order valence-corrected chi connectivity index (χ1v) is 11.4. The van der Waals surface area contributed by atoms with Gasteiger partial charge in [-0.05, 0) is 22.3 Å². The molecule has 0 radical (unpaired) electrons. The molecule has 27 heavy (non-hydrogen) atoms. The molecule has 0 bridgehead atoms. The molecule has 3 rings (SSSR count). The van der Waals surface area contributed by atoms with Gasteiger partial charge in [0.15, 0.2) is 0 Å². The maximum Gasteiger partial charge on any atom is 0.323 e. The second kappa shape index (κ2) is 7.22. The second-order valence-corrected chi connectivity index (χ2v) is 12.9. The average Bonchev–Trinajstić information content (AvgIpc) is 3.02. The van der Waals surface area contributed by atoms with E-state index in [0.29, 0.717) is 13.0 Å². The summed E-state index contributed by atoms with van der Waals surface area (Å²) in [6.45, 7) is 8.99. The van der Waals surface area contributed by atoms with Crippen molar-refractivity contribution in [1.82, 2.24) is 5.32 Å². The number of carboxylic acid groups (broad SMARTS) is 1. The zero-order valence-corrected chi connectivity index (χ0v) is 17.5. The van der Waals surface area contributed by atoms with E-state index < -0.39 is 19.8 Å². The van der Waals surface area contributed by atoms with Crippen molar-refractivity contribution >= 4 is 24.7 Å². The van der Waals surface area contributed by atoms with Crippen molar-refractivity contribution in [3.05, 3.63) is 60.7 Å². The molecule has 0 amide bonds. The molecule has 2 atom stereocenters. The molecule has 1 saturated heterocycles. The molecule has 5 heteroatoms. The smallest absolute Gasteiger partial charge is 0.323 e. The van der Waals surface area contributed by atoms with E-state index in [0.717, 1.165) is 0 Å². The highest BCUT2D eigenvalue weighted by molar-refractivity contribution is 6.99. The van der Waals surface area contributed by atoms with E-state index in [9.17, 15) is 9.90 Å². The fourth-order valence-corrected chi connectivity index (χ4v) is 8.81. The molecule has 0 aliphatic carbocycles. The summed E-state index contributed by atoms with van der Waals surface area (Å²) in [7, 11) is -2.64. The standard InChI is InChI=1S/C22H29NO3Si/c1-21(2,3)27(18-11-7-5-8-12-18,19-13-9-6-10-14-19)26-17-15-22(4,20(24)25)23-16-17/h5-14,17,23H,15-16H2,1-4H3,(H,24,25)/t17-,22-/m1/s1. The van der Waals surface area contributed by atoms with E-state index in [-0.39, 0.29) is 11.1 Å². The van der Waals surface area contributed by atoms with Crippen LogP contribution < -0.4 is 15.7 Å². The summed E-state index contributed by atoms with van der Waals surface area (Å²) in [5.74, 6) is -0.823. The van der Waals surface area contributed by atoms with E-state index >= 15 is 0 Å². The summed E-state index contributed by atoms with van der Waals surface area (Å²) in [6, 6.07) is 20.9. The maximum absolute atomic E-state index is 11.7. The first kappa shape index (κ1) is 19.8. The van der Waals surface area contributed by atoms with Crippen LogP contribution in [-0.4, -0.2) is 37.6 Å². The minimum atomic E-state index is -2.64. The molecule has 0 saturated carbocycles. The van der Waals surface area contributed by atoms with Crippen LogP contribution in [0.25, 0.3) is 0 Å². The van der Waals surface area contributed by atoms with Crippen LogP contribution in [0.1, 0.15) is 34.1 Å². The molecule has 1 aliphatic heterocycles. The molecule has 1 heterocycles. The van der Waals surface area contributed by atoms with E-state index in [2.05, 4.69) is 74.6 Å². The molecule has 2 aromatic rings. The minimum absolute atomic E-state index is 0.113. The van der Waals surface area contributed by atoms with Gasteiger partial charge in [-0.3, -0.25) is 10.1 Å². The maximum atomic E-state index is 11.7. The highest BCUT2D eigenvalue weighted by Crippen LogP contribution is 2.39. The lowest BCUT2D eigenvalue weighted by Crippen LogP contribution is -2.67. The Morgan fingerprint density at radius 1 is 1.07 bits per heavy atom. The fourth-order valence-electron chi connectivity index (χ4n) is 4.13. The third kappa shape index (κ3) is 3.59. The van der Waals surface area contributed by atoms with Gasteiger partial charge in [0.2, 0.25) is 0 Å². The zero-order valence-electron chi connectivity index (χ0n) is 16.5. The van der Waals surface area contributed by atoms with Crippen LogP contribution in [-0.2, 0) is 9.22 Å². The number of rotatable bonds is 5. The van der Waals surface area contributed by atoms with Gasteiger partial charge in [-0.1, -0.05) is 81.4 Å². The molecular formula is C22H29NO3Si. The van der Waals surface area contributed by atoms with E-state index in [1.54, 1.807) is 6.92 Å². The lowest BCUT2D eigenvalue weighted by molar-refractivity contribution is -0.143. The lowest BCUT2D eigenvalue weighted by Gasteiger charge is -2.44. The molecule has 2 aromatic carbocycles. The topological polar surface area (TPSA) is 58.6 Å². The van der Waals surface area contributed by atoms with Gasteiger partial charge >= 0.3 is 5.97 Å². The average molecular weight is 384 g/mol. The summed E-state index contributed by atoms with van der Waals surface area (Å²) in [6.07, 6.45) is 0.324. The number of nitrogens with one attached hydrogen (secondary N) is 1. The summed E-state index contributed by atoms with van der Waals surface area (Å²) in [5, 5.41) is 15.1. The number of carbonyl (C=O) groups is 1. The SMILES string of the molecule is CC(C)(C)[Si](O[C@H]1CN[C@@](C)(C(=O)O)C1)(c1ccccc1)c1ccccc1. The third-order valence-electron chi connectivity index (χ3n) is 5.59. The summed E-state index contributed by atoms with van der Waals surface area (Å²) < 4.78 is 6.99. The first-order chi connectivity index (χ1) is 12.7. The van der Waals surface area contributed by atoms with Crippen molar-refractivity contribution < 1.29 is 14.3 Å². The minimum Gasteiger partial charge on any atom is -0.480 e. The van der Waals surface area contributed by atoms with Gasteiger partial charge in [-0.2, -0.15) is 0 Å². The Morgan fingerprint density at radius 2 is 1.56 bits per heavy atom. The van der Waals surface area contributed by atoms with Gasteiger partial charge in [-0.25, -0.2) is 0 Å². The molecular weight excluding hydrogens is 354 g/mol.